The first-order chi connectivity index (χ1) is 10.3. The van der Waals surface area contributed by atoms with Crippen LogP contribution < -0.4 is 5.32 Å². The highest BCUT2D eigenvalue weighted by molar-refractivity contribution is 5.76. The van der Waals surface area contributed by atoms with Crippen LogP contribution in [-0.2, 0) is 17.6 Å². The van der Waals surface area contributed by atoms with Crippen molar-refractivity contribution in [2.45, 2.75) is 38.1 Å². The second kappa shape index (κ2) is 6.53. The lowest BCUT2D eigenvalue weighted by atomic mass is 9.87. The van der Waals surface area contributed by atoms with Crippen molar-refractivity contribution in [1.29, 1.82) is 0 Å². The van der Waals surface area contributed by atoms with Crippen LogP contribution in [0.1, 0.15) is 42.0 Å². The van der Waals surface area contributed by atoms with E-state index in [1.165, 1.54) is 11.1 Å². The number of pyridine rings is 1. The van der Waals surface area contributed by atoms with Gasteiger partial charge in [0, 0.05) is 18.8 Å². The van der Waals surface area contributed by atoms with Gasteiger partial charge in [0.15, 0.2) is 0 Å². The van der Waals surface area contributed by atoms with Gasteiger partial charge in [0.05, 0.1) is 6.04 Å². The van der Waals surface area contributed by atoms with Gasteiger partial charge in [-0.15, -0.1) is 0 Å². The van der Waals surface area contributed by atoms with E-state index < -0.39 is 0 Å². The Kier molecular flexibility index (Phi) is 4.29. The first-order valence-corrected chi connectivity index (χ1v) is 7.59. The zero-order valence-electron chi connectivity index (χ0n) is 12.1. The highest BCUT2D eigenvalue weighted by atomic mass is 16.1. The minimum absolute atomic E-state index is 0.126. The number of rotatable bonds is 4. The molecular formula is C18H20N2O. The average Bonchev–Trinajstić information content (AvgIpc) is 2.54. The van der Waals surface area contributed by atoms with Crippen LogP contribution in [0.3, 0.4) is 0 Å². The van der Waals surface area contributed by atoms with E-state index in [1.54, 1.807) is 6.20 Å². The maximum Gasteiger partial charge on any atom is 0.220 e. The molecule has 3 nitrogen and oxygen atoms in total. The lowest BCUT2D eigenvalue weighted by Crippen LogP contribution is -2.31. The summed E-state index contributed by atoms with van der Waals surface area (Å²) in [6.45, 7) is 0. The molecule has 0 fully saturated rings. The maximum atomic E-state index is 12.2. The third-order valence-corrected chi connectivity index (χ3v) is 4.07. The Morgan fingerprint density at radius 3 is 3.00 bits per heavy atom. The summed E-state index contributed by atoms with van der Waals surface area (Å²) in [5.74, 6) is 0.126. The van der Waals surface area contributed by atoms with E-state index in [2.05, 4.69) is 34.6 Å². The van der Waals surface area contributed by atoms with Crippen LogP contribution in [0.2, 0.25) is 0 Å². The fourth-order valence-corrected chi connectivity index (χ4v) is 2.97. The maximum absolute atomic E-state index is 12.2. The van der Waals surface area contributed by atoms with Gasteiger partial charge in [-0.05, 0) is 48.4 Å². The SMILES string of the molecule is O=C(CCc1cccnc1)N[C@@H]1CCCc2ccccc21. The van der Waals surface area contributed by atoms with Gasteiger partial charge in [-0.3, -0.25) is 9.78 Å². The van der Waals surface area contributed by atoms with E-state index in [0.29, 0.717) is 6.42 Å². The molecule has 2 aromatic rings. The first kappa shape index (κ1) is 13.8. The van der Waals surface area contributed by atoms with Gasteiger partial charge in [0.2, 0.25) is 5.91 Å². The summed E-state index contributed by atoms with van der Waals surface area (Å²) in [6.07, 6.45) is 8.14. The predicted octanol–water partition coefficient (Wildman–Crippen LogP) is 3.21. The Hall–Kier alpha value is -2.16. The molecule has 1 heterocycles. The Balaban J connectivity index is 1.58. The standard InChI is InChI=1S/C18H20N2O/c21-18(11-10-14-5-4-12-19-13-14)20-17-9-3-7-15-6-1-2-8-16(15)17/h1-2,4-6,8,12-13,17H,3,7,9-11H2,(H,20,21)/t17-/m1/s1. The van der Waals surface area contributed by atoms with Gasteiger partial charge in [-0.1, -0.05) is 30.3 Å². The van der Waals surface area contributed by atoms with Crippen molar-refractivity contribution in [3.63, 3.8) is 0 Å². The fraction of sp³-hybridized carbons (Fsp3) is 0.333. The molecule has 1 amide bonds. The van der Waals surface area contributed by atoms with Crippen molar-refractivity contribution in [1.82, 2.24) is 10.3 Å². The van der Waals surface area contributed by atoms with Crippen LogP contribution in [0, 0.1) is 0 Å². The van der Waals surface area contributed by atoms with E-state index in [4.69, 9.17) is 0 Å². The van der Waals surface area contributed by atoms with Crippen molar-refractivity contribution in [2.24, 2.45) is 0 Å². The Bertz CT molecular complexity index is 610. The number of hydrogen-bond acceptors (Lipinski definition) is 2. The lowest BCUT2D eigenvalue weighted by Gasteiger charge is -2.26. The van der Waals surface area contributed by atoms with Gasteiger partial charge >= 0.3 is 0 Å². The van der Waals surface area contributed by atoms with Crippen LogP contribution >= 0.6 is 0 Å². The molecule has 0 unspecified atom stereocenters. The topological polar surface area (TPSA) is 42.0 Å². The molecule has 0 aliphatic heterocycles. The number of hydrogen-bond donors (Lipinski definition) is 1. The third-order valence-electron chi connectivity index (χ3n) is 4.07. The minimum atomic E-state index is 0.126. The first-order valence-electron chi connectivity index (χ1n) is 7.59. The molecule has 1 atom stereocenters. The lowest BCUT2D eigenvalue weighted by molar-refractivity contribution is -0.121. The summed E-state index contributed by atoms with van der Waals surface area (Å²) in [6, 6.07) is 12.5. The predicted molar refractivity (Wildman–Crippen MR) is 82.8 cm³/mol. The number of aromatic nitrogens is 1. The van der Waals surface area contributed by atoms with E-state index in [1.807, 2.05) is 18.3 Å². The number of carbonyl (C=O) groups is 1. The quantitative estimate of drug-likeness (QED) is 0.934. The number of nitrogens with zero attached hydrogens (tertiary/aromatic N) is 1. The van der Waals surface area contributed by atoms with Gasteiger partial charge < -0.3 is 5.32 Å². The number of carbonyl (C=O) groups excluding carboxylic acids is 1. The Morgan fingerprint density at radius 2 is 2.14 bits per heavy atom. The van der Waals surface area contributed by atoms with Gasteiger partial charge in [-0.2, -0.15) is 0 Å². The van der Waals surface area contributed by atoms with E-state index >= 15 is 0 Å². The Morgan fingerprint density at radius 1 is 1.24 bits per heavy atom. The number of amides is 1. The number of aryl methyl sites for hydroxylation is 2. The second-order valence-electron chi connectivity index (χ2n) is 5.57. The van der Waals surface area contributed by atoms with E-state index in [9.17, 15) is 4.79 Å². The molecular weight excluding hydrogens is 260 g/mol. The molecule has 1 aliphatic rings. The molecule has 1 aromatic carbocycles. The average molecular weight is 280 g/mol. The zero-order valence-corrected chi connectivity index (χ0v) is 12.1. The molecule has 0 bridgehead atoms. The molecule has 1 aromatic heterocycles. The highest BCUT2D eigenvalue weighted by Crippen LogP contribution is 2.29. The summed E-state index contributed by atoms with van der Waals surface area (Å²) < 4.78 is 0. The monoisotopic (exact) mass is 280 g/mol. The molecule has 3 rings (SSSR count). The van der Waals surface area contributed by atoms with Gasteiger partial charge in [0.1, 0.15) is 0 Å². The molecule has 0 spiro atoms. The van der Waals surface area contributed by atoms with Crippen molar-refractivity contribution >= 4 is 5.91 Å². The van der Waals surface area contributed by atoms with Crippen molar-refractivity contribution in [3.8, 4) is 0 Å². The minimum Gasteiger partial charge on any atom is -0.349 e. The molecule has 21 heavy (non-hydrogen) atoms. The fourth-order valence-electron chi connectivity index (χ4n) is 2.97. The van der Waals surface area contributed by atoms with Crippen LogP contribution in [0.15, 0.2) is 48.8 Å². The normalized spacial score (nSPS) is 17.0. The molecule has 1 N–H and O–H groups in total. The van der Waals surface area contributed by atoms with Gasteiger partial charge in [-0.25, -0.2) is 0 Å². The van der Waals surface area contributed by atoms with Crippen molar-refractivity contribution in [3.05, 3.63) is 65.5 Å². The van der Waals surface area contributed by atoms with Crippen molar-refractivity contribution in [2.75, 3.05) is 0 Å². The molecule has 108 valence electrons. The molecule has 0 radical (unpaired) electrons. The van der Waals surface area contributed by atoms with Crippen LogP contribution in [0.4, 0.5) is 0 Å². The smallest absolute Gasteiger partial charge is 0.220 e. The number of benzene rings is 1. The molecule has 0 saturated heterocycles. The van der Waals surface area contributed by atoms with Crippen molar-refractivity contribution < 1.29 is 4.79 Å². The second-order valence-corrected chi connectivity index (χ2v) is 5.57. The highest BCUT2D eigenvalue weighted by Gasteiger charge is 2.20. The molecule has 0 saturated carbocycles. The molecule has 3 heteroatoms. The zero-order chi connectivity index (χ0) is 14.5. The summed E-state index contributed by atoms with van der Waals surface area (Å²) in [4.78, 5) is 16.2. The summed E-state index contributed by atoms with van der Waals surface area (Å²) in [5, 5.41) is 3.19. The van der Waals surface area contributed by atoms with Crippen LogP contribution in [-0.4, -0.2) is 10.9 Å². The summed E-state index contributed by atoms with van der Waals surface area (Å²) in [5.41, 5.74) is 3.77. The van der Waals surface area contributed by atoms with E-state index in [0.717, 1.165) is 31.2 Å². The number of nitrogens with one attached hydrogen (secondary N) is 1. The third kappa shape index (κ3) is 3.48. The molecule has 1 aliphatic carbocycles. The summed E-state index contributed by atoms with van der Waals surface area (Å²) in [7, 11) is 0. The largest absolute Gasteiger partial charge is 0.349 e. The Labute approximate surface area is 125 Å². The van der Waals surface area contributed by atoms with Gasteiger partial charge in [0.25, 0.3) is 0 Å². The summed E-state index contributed by atoms with van der Waals surface area (Å²) >= 11 is 0. The number of fused-ring (bicyclic) bond motifs is 1. The van der Waals surface area contributed by atoms with Crippen LogP contribution in [0.25, 0.3) is 0 Å². The van der Waals surface area contributed by atoms with Crippen LogP contribution in [0.5, 0.6) is 0 Å². The van der Waals surface area contributed by atoms with E-state index in [-0.39, 0.29) is 11.9 Å².